The summed E-state index contributed by atoms with van der Waals surface area (Å²) in [4.78, 5) is 10.9. The highest BCUT2D eigenvalue weighted by atomic mass is 16.1. The van der Waals surface area contributed by atoms with Crippen LogP contribution in [0, 0.1) is 5.41 Å². The van der Waals surface area contributed by atoms with Crippen LogP contribution < -0.4 is 10.7 Å². The molecule has 1 N–H and O–H groups in total. The first-order valence-corrected chi connectivity index (χ1v) is 5.27. The van der Waals surface area contributed by atoms with Gasteiger partial charge in [-0.15, -0.1) is 0 Å². The molecule has 3 nitrogen and oxygen atoms in total. The van der Waals surface area contributed by atoms with E-state index < -0.39 is 0 Å². The van der Waals surface area contributed by atoms with E-state index in [2.05, 4.69) is 26.1 Å². The molecule has 1 aromatic heterocycles. The minimum absolute atomic E-state index is 0.0583. The van der Waals surface area contributed by atoms with Gasteiger partial charge < -0.3 is 9.88 Å². The van der Waals surface area contributed by atoms with Gasteiger partial charge in [-0.1, -0.05) is 20.8 Å². The summed E-state index contributed by atoms with van der Waals surface area (Å²) in [5, 5.41) is 3.31. The zero-order valence-electron chi connectivity index (χ0n) is 9.95. The molecule has 1 atom stereocenters. The molecule has 1 aromatic rings. The molecular weight excluding hydrogens is 188 g/mol. The molecule has 0 aromatic carbocycles. The number of likely N-dealkylation sites (N-methyl/N-ethyl adjacent to an activating group) is 1. The van der Waals surface area contributed by atoms with Crippen molar-refractivity contribution in [2.24, 2.45) is 5.41 Å². The lowest BCUT2D eigenvalue weighted by atomic mass is 9.87. The fourth-order valence-electron chi connectivity index (χ4n) is 1.57. The van der Waals surface area contributed by atoms with Crippen LogP contribution >= 0.6 is 0 Å². The Kier molecular flexibility index (Phi) is 3.69. The van der Waals surface area contributed by atoms with E-state index in [0.717, 1.165) is 6.54 Å². The van der Waals surface area contributed by atoms with Crippen LogP contribution in [0.4, 0.5) is 0 Å². The van der Waals surface area contributed by atoms with Gasteiger partial charge in [-0.3, -0.25) is 4.79 Å². The molecule has 0 radical (unpaired) electrons. The van der Waals surface area contributed by atoms with Crippen molar-refractivity contribution in [2.75, 3.05) is 7.05 Å². The SMILES string of the molecule is CNC(Cn1ccc(=O)cc1)C(C)(C)C. The highest BCUT2D eigenvalue weighted by Gasteiger charge is 2.22. The smallest absolute Gasteiger partial charge is 0.181 e. The van der Waals surface area contributed by atoms with Crippen LogP contribution in [-0.4, -0.2) is 17.7 Å². The van der Waals surface area contributed by atoms with E-state index in [4.69, 9.17) is 0 Å². The van der Waals surface area contributed by atoms with Crippen molar-refractivity contribution in [3.63, 3.8) is 0 Å². The quantitative estimate of drug-likeness (QED) is 0.816. The third-order valence-electron chi connectivity index (χ3n) is 2.65. The van der Waals surface area contributed by atoms with Crippen LogP contribution in [0.2, 0.25) is 0 Å². The number of rotatable bonds is 3. The Labute approximate surface area is 91.1 Å². The fourth-order valence-corrected chi connectivity index (χ4v) is 1.57. The molecule has 3 heteroatoms. The molecule has 1 rings (SSSR count). The van der Waals surface area contributed by atoms with Gasteiger partial charge in [0, 0.05) is 37.1 Å². The van der Waals surface area contributed by atoms with Gasteiger partial charge in [0.05, 0.1) is 0 Å². The normalized spacial score (nSPS) is 13.9. The highest BCUT2D eigenvalue weighted by molar-refractivity contribution is 4.95. The average molecular weight is 208 g/mol. The molecule has 15 heavy (non-hydrogen) atoms. The number of nitrogens with zero attached hydrogens (tertiary/aromatic N) is 1. The Morgan fingerprint density at radius 1 is 1.33 bits per heavy atom. The van der Waals surface area contributed by atoms with Gasteiger partial charge in [0.25, 0.3) is 0 Å². The van der Waals surface area contributed by atoms with Crippen molar-refractivity contribution in [3.8, 4) is 0 Å². The Morgan fingerprint density at radius 2 is 1.87 bits per heavy atom. The van der Waals surface area contributed by atoms with Crippen LogP contribution in [0.15, 0.2) is 29.3 Å². The van der Waals surface area contributed by atoms with Gasteiger partial charge in [-0.25, -0.2) is 0 Å². The maximum absolute atomic E-state index is 10.9. The molecule has 1 unspecified atom stereocenters. The molecule has 0 saturated carbocycles. The van der Waals surface area contributed by atoms with Crippen LogP contribution in [0.5, 0.6) is 0 Å². The molecule has 84 valence electrons. The van der Waals surface area contributed by atoms with Crippen LogP contribution in [0.3, 0.4) is 0 Å². The summed E-state index contributed by atoms with van der Waals surface area (Å²) in [6.45, 7) is 7.49. The fraction of sp³-hybridized carbons (Fsp3) is 0.583. The molecule has 0 fully saturated rings. The maximum Gasteiger partial charge on any atom is 0.181 e. The van der Waals surface area contributed by atoms with Gasteiger partial charge in [-0.05, 0) is 12.5 Å². The lowest BCUT2D eigenvalue weighted by Crippen LogP contribution is -2.41. The summed E-state index contributed by atoms with van der Waals surface area (Å²) in [6, 6.07) is 3.57. The number of hydrogen-bond donors (Lipinski definition) is 1. The van der Waals surface area contributed by atoms with Crippen LogP contribution in [-0.2, 0) is 6.54 Å². The number of aromatic nitrogens is 1. The van der Waals surface area contributed by atoms with E-state index in [0.29, 0.717) is 6.04 Å². The zero-order valence-corrected chi connectivity index (χ0v) is 9.95. The highest BCUT2D eigenvalue weighted by Crippen LogP contribution is 2.19. The van der Waals surface area contributed by atoms with E-state index in [9.17, 15) is 4.79 Å². The standard InChI is InChI=1S/C12H20N2O/c1-12(2,3)11(13-4)9-14-7-5-10(15)6-8-14/h5-8,11,13H,9H2,1-4H3. The second kappa shape index (κ2) is 4.62. The van der Waals surface area contributed by atoms with Gasteiger partial charge in [-0.2, -0.15) is 0 Å². The van der Waals surface area contributed by atoms with E-state index >= 15 is 0 Å². The van der Waals surface area contributed by atoms with E-state index in [1.165, 1.54) is 0 Å². The molecule has 0 aliphatic carbocycles. The second-order valence-corrected chi connectivity index (χ2v) is 4.94. The molecule has 1 heterocycles. The van der Waals surface area contributed by atoms with Gasteiger partial charge in [0.1, 0.15) is 0 Å². The Morgan fingerprint density at radius 3 is 2.27 bits per heavy atom. The molecule has 0 amide bonds. The minimum Gasteiger partial charge on any atom is -0.352 e. The molecule has 0 aliphatic heterocycles. The summed E-state index contributed by atoms with van der Waals surface area (Å²) >= 11 is 0. The van der Waals surface area contributed by atoms with Gasteiger partial charge >= 0.3 is 0 Å². The summed E-state index contributed by atoms with van der Waals surface area (Å²) < 4.78 is 2.04. The third-order valence-corrected chi connectivity index (χ3v) is 2.65. The first-order chi connectivity index (χ1) is 6.93. The Balaban J connectivity index is 2.76. The van der Waals surface area contributed by atoms with Crippen molar-refractivity contribution < 1.29 is 0 Å². The summed E-state index contributed by atoms with van der Waals surface area (Å²) in [5.74, 6) is 0. The molecule has 0 spiro atoms. The summed E-state index contributed by atoms with van der Waals surface area (Å²) in [5.41, 5.74) is 0.265. The van der Waals surface area contributed by atoms with Crippen molar-refractivity contribution >= 4 is 0 Å². The molecule has 0 saturated heterocycles. The van der Waals surface area contributed by atoms with Crippen molar-refractivity contribution in [1.82, 2.24) is 9.88 Å². The Hall–Kier alpha value is -1.09. The van der Waals surface area contributed by atoms with E-state index in [1.807, 2.05) is 24.0 Å². The zero-order chi connectivity index (χ0) is 11.5. The Bertz CT molecular complexity index is 342. The maximum atomic E-state index is 10.9. The topological polar surface area (TPSA) is 34.0 Å². The average Bonchev–Trinajstić information content (AvgIpc) is 2.15. The first kappa shape index (κ1) is 12.0. The largest absolute Gasteiger partial charge is 0.352 e. The monoisotopic (exact) mass is 208 g/mol. The molecule has 0 bridgehead atoms. The van der Waals surface area contributed by atoms with Crippen molar-refractivity contribution in [3.05, 3.63) is 34.7 Å². The van der Waals surface area contributed by atoms with Crippen LogP contribution in [0.1, 0.15) is 20.8 Å². The van der Waals surface area contributed by atoms with Gasteiger partial charge in [0.15, 0.2) is 5.43 Å². The summed E-state index contributed by atoms with van der Waals surface area (Å²) in [6.07, 6.45) is 3.66. The number of nitrogens with one attached hydrogen (secondary N) is 1. The van der Waals surface area contributed by atoms with Crippen molar-refractivity contribution in [2.45, 2.75) is 33.4 Å². The van der Waals surface area contributed by atoms with Gasteiger partial charge in [0.2, 0.25) is 0 Å². The third kappa shape index (κ3) is 3.51. The molecular formula is C12H20N2O. The minimum atomic E-state index is 0.0583. The van der Waals surface area contributed by atoms with E-state index in [-0.39, 0.29) is 10.8 Å². The number of pyridine rings is 1. The second-order valence-electron chi connectivity index (χ2n) is 4.94. The van der Waals surface area contributed by atoms with E-state index in [1.54, 1.807) is 12.1 Å². The molecule has 0 aliphatic rings. The number of hydrogen-bond acceptors (Lipinski definition) is 2. The first-order valence-electron chi connectivity index (χ1n) is 5.27. The van der Waals surface area contributed by atoms with Crippen molar-refractivity contribution in [1.29, 1.82) is 0 Å². The predicted octanol–water partition coefficient (Wildman–Crippen LogP) is 1.48. The predicted molar refractivity (Wildman–Crippen MR) is 63.0 cm³/mol. The van der Waals surface area contributed by atoms with Crippen LogP contribution in [0.25, 0.3) is 0 Å². The lowest BCUT2D eigenvalue weighted by Gasteiger charge is -2.31. The lowest BCUT2D eigenvalue weighted by molar-refractivity contribution is 0.254. The summed E-state index contributed by atoms with van der Waals surface area (Å²) in [7, 11) is 1.97.